The van der Waals surface area contributed by atoms with Gasteiger partial charge in [0.1, 0.15) is 0 Å². The van der Waals surface area contributed by atoms with Crippen molar-refractivity contribution in [3.8, 4) is 0 Å². The average Bonchev–Trinajstić information content (AvgIpc) is 2.08. The van der Waals surface area contributed by atoms with Crippen LogP contribution in [-0.4, -0.2) is 24.8 Å². The van der Waals surface area contributed by atoms with Crippen LogP contribution in [0.1, 0.15) is 12.5 Å². The second-order valence-electron chi connectivity index (χ2n) is 3.26. The number of rotatable bonds is 2. The molecule has 1 aromatic carbocycles. The maximum absolute atomic E-state index is 5.87. The lowest BCUT2D eigenvalue weighted by Crippen LogP contribution is -2.09. The van der Waals surface area contributed by atoms with E-state index in [1.54, 1.807) is 17.1 Å². The lowest BCUT2D eigenvalue weighted by atomic mass is 10.1. The van der Waals surface area contributed by atoms with Crippen LogP contribution >= 0.6 is 11.6 Å². The lowest BCUT2D eigenvalue weighted by molar-refractivity contribution is 0.438. The van der Waals surface area contributed by atoms with Gasteiger partial charge in [-0.1, -0.05) is 11.6 Å². The molecule has 0 aromatic heterocycles. The van der Waals surface area contributed by atoms with E-state index >= 15 is 0 Å². The monoisotopic (exact) mass is 211 g/mol. The van der Waals surface area contributed by atoms with Gasteiger partial charge >= 0.3 is 0 Å². The number of hydrogen-bond donors (Lipinski definition) is 1. The summed E-state index contributed by atoms with van der Waals surface area (Å²) in [5, 5.41) is 6.66. The summed E-state index contributed by atoms with van der Waals surface area (Å²) >= 11 is 5.87. The maximum atomic E-state index is 5.87. The van der Waals surface area contributed by atoms with Crippen molar-refractivity contribution in [3.63, 3.8) is 0 Å². The van der Waals surface area contributed by atoms with Gasteiger partial charge in [0.2, 0.25) is 0 Å². The molecule has 14 heavy (non-hydrogen) atoms. The Morgan fingerprint density at radius 1 is 1.43 bits per heavy atom. The Hall–Kier alpha value is -1.22. The molecule has 0 atom stereocenters. The lowest BCUT2D eigenvalue weighted by Gasteiger charge is -2.09. The van der Waals surface area contributed by atoms with Crippen molar-refractivity contribution in [2.45, 2.75) is 6.92 Å². The SMILES string of the molecule is C/C(=N\N(C)C)c1cc(Cl)ccc1N. The van der Waals surface area contributed by atoms with E-state index in [0.717, 1.165) is 11.3 Å². The Balaban J connectivity index is 3.12. The number of nitrogen functional groups attached to an aromatic ring is 1. The predicted molar refractivity (Wildman–Crippen MR) is 61.8 cm³/mol. The van der Waals surface area contributed by atoms with Crippen molar-refractivity contribution in [2.24, 2.45) is 5.10 Å². The van der Waals surface area contributed by atoms with Crippen molar-refractivity contribution < 1.29 is 0 Å². The maximum Gasteiger partial charge on any atom is 0.0667 e. The second-order valence-corrected chi connectivity index (χ2v) is 3.70. The minimum atomic E-state index is 0.669. The summed E-state index contributed by atoms with van der Waals surface area (Å²) in [4.78, 5) is 0. The first-order valence-electron chi connectivity index (χ1n) is 4.28. The van der Waals surface area contributed by atoms with Crippen LogP contribution in [0.3, 0.4) is 0 Å². The fraction of sp³-hybridized carbons (Fsp3) is 0.300. The first kappa shape index (κ1) is 10.9. The van der Waals surface area contributed by atoms with Gasteiger partial charge in [-0.15, -0.1) is 0 Å². The molecule has 0 radical (unpaired) electrons. The van der Waals surface area contributed by atoms with E-state index in [-0.39, 0.29) is 0 Å². The average molecular weight is 212 g/mol. The summed E-state index contributed by atoms with van der Waals surface area (Å²) in [5.74, 6) is 0. The van der Waals surface area contributed by atoms with Crippen molar-refractivity contribution in [1.82, 2.24) is 5.01 Å². The molecule has 0 bridgehead atoms. The fourth-order valence-electron chi connectivity index (χ4n) is 1.20. The van der Waals surface area contributed by atoms with Gasteiger partial charge in [-0.3, -0.25) is 0 Å². The normalized spacial score (nSPS) is 11.6. The number of nitrogens with zero attached hydrogens (tertiary/aromatic N) is 2. The molecule has 1 aromatic rings. The van der Waals surface area contributed by atoms with E-state index in [4.69, 9.17) is 17.3 Å². The molecule has 0 fully saturated rings. The van der Waals surface area contributed by atoms with Crippen molar-refractivity contribution in [1.29, 1.82) is 0 Å². The number of hydrazone groups is 1. The molecule has 0 heterocycles. The van der Waals surface area contributed by atoms with Gasteiger partial charge in [0.25, 0.3) is 0 Å². The zero-order chi connectivity index (χ0) is 10.7. The number of hydrogen-bond acceptors (Lipinski definition) is 3. The van der Waals surface area contributed by atoms with E-state index in [1.807, 2.05) is 27.1 Å². The minimum absolute atomic E-state index is 0.669. The van der Waals surface area contributed by atoms with E-state index in [0.29, 0.717) is 10.7 Å². The van der Waals surface area contributed by atoms with Crippen LogP contribution in [0, 0.1) is 0 Å². The largest absolute Gasteiger partial charge is 0.398 e. The highest BCUT2D eigenvalue weighted by molar-refractivity contribution is 6.31. The van der Waals surface area contributed by atoms with Gasteiger partial charge in [0.15, 0.2) is 0 Å². The molecular weight excluding hydrogens is 198 g/mol. The van der Waals surface area contributed by atoms with Crippen LogP contribution in [0.15, 0.2) is 23.3 Å². The molecule has 0 saturated carbocycles. The predicted octanol–water partition coefficient (Wildman–Crippen LogP) is 2.21. The zero-order valence-corrected chi connectivity index (χ0v) is 9.34. The summed E-state index contributed by atoms with van der Waals surface area (Å²) in [6.45, 7) is 1.90. The third kappa shape index (κ3) is 2.64. The second kappa shape index (κ2) is 4.33. The van der Waals surface area contributed by atoms with E-state index in [1.165, 1.54) is 0 Å². The minimum Gasteiger partial charge on any atom is -0.398 e. The first-order valence-corrected chi connectivity index (χ1v) is 4.66. The smallest absolute Gasteiger partial charge is 0.0667 e. The highest BCUT2D eigenvalue weighted by Crippen LogP contribution is 2.18. The van der Waals surface area contributed by atoms with Gasteiger partial charge in [0, 0.05) is 30.4 Å². The Labute approximate surface area is 89.2 Å². The van der Waals surface area contributed by atoms with E-state index in [2.05, 4.69) is 5.10 Å². The van der Waals surface area contributed by atoms with E-state index < -0.39 is 0 Å². The summed E-state index contributed by atoms with van der Waals surface area (Å²) in [5.41, 5.74) is 8.24. The topological polar surface area (TPSA) is 41.6 Å². The number of anilines is 1. The van der Waals surface area contributed by atoms with E-state index in [9.17, 15) is 0 Å². The standard InChI is InChI=1S/C10H14ClN3/c1-7(13-14(2)3)9-6-8(11)4-5-10(9)12/h4-6H,12H2,1-3H3/b13-7+. The Bertz CT molecular complexity index is 358. The quantitative estimate of drug-likeness (QED) is 0.463. The fourth-order valence-corrected chi connectivity index (χ4v) is 1.37. The molecule has 0 unspecified atom stereocenters. The molecule has 1 rings (SSSR count). The van der Waals surface area contributed by atoms with Crippen molar-refractivity contribution in [3.05, 3.63) is 28.8 Å². The van der Waals surface area contributed by atoms with Crippen LogP contribution in [0.5, 0.6) is 0 Å². The summed E-state index contributed by atoms with van der Waals surface area (Å²) in [6, 6.07) is 5.37. The Kier molecular flexibility index (Phi) is 3.36. The zero-order valence-electron chi connectivity index (χ0n) is 8.58. The van der Waals surface area contributed by atoms with Crippen LogP contribution in [0.4, 0.5) is 5.69 Å². The molecule has 0 saturated heterocycles. The molecule has 0 aliphatic rings. The molecule has 0 amide bonds. The first-order chi connectivity index (χ1) is 6.50. The van der Waals surface area contributed by atoms with Gasteiger partial charge in [-0.05, 0) is 25.1 Å². The van der Waals surface area contributed by atoms with Gasteiger partial charge in [-0.2, -0.15) is 5.10 Å². The highest BCUT2D eigenvalue weighted by Gasteiger charge is 2.03. The molecule has 0 aliphatic carbocycles. The van der Waals surface area contributed by atoms with Crippen LogP contribution in [0.25, 0.3) is 0 Å². The van der Waals surface area contributed by atoms with Crippen LogP contribution < -0.4 is 5.73 Å². The summed E-state index contributed by atoms with van der Waals surface area (Å²) < 4.78 is 0. The highest BCUT2D eigenvalue weighted by atomic mass is 35.5. The van der Waals surface area contributed by atoms with Gasteiger partial charge in [-0.25, -0.2) is 0 Å². The molecule has 0 spiro atoms. The molecule has 4 heteroatoms. The van der Waals surface area contributed by atoms with Gasteiger partial charge < -0.3 is 10.7 Å². The molecule has 3 nitrogen and oxygen atoms in total. The number of benzene rings is 1. The number of nitrogens with two attached hydrogens (primary N) is 1. The van der Waals surface area contributed by atoms with Crippen LogP contribution in [0.2, 0.25) is 5.02 Å². The van der Waals surface area contributed by atoms with Crippen molar-refractivity contribution >= 4 is 23.0 Å². The van der Waals surface area contributed by atoms with Gasteiger partial charge in [0.05, 0.1) is 5.71 Å². The van der Waals surface area contributed by atoms with Crippen molar-refractivity contribution in [2.75, 3.05) is 19.8 Å². The van der Waals surface area contributed by atoms with Crippen LogP contribution in [-0.2, 0) is 0 Å². The third-order valence-electron chi connectivity index (χ3n) is 1.76. The molecule has 0 aliphatic heterocycles. The summed E-state index contributed by atoms with van der Waals surface area (Å²) in [6.07, 6.45) is 0. The molecular formula is C10H14ClN3. The molecule has 76 valence electrons. The Morgan fingerprint density at radius 3 is 2.64 bits per heavy atom. The Morgan fingerprint density at radius 2 is 2.07 bits per heavy atom. The molecule has 2 N–H and O–H groups in total. The third-order valence-corrected chi connectivity index (χ3v) is 1.99. The number of halogens is 1. The summed E-state index contributed by atoms with van der Waals surface area (Å²) in [7, 11) is 3.73.